The summed E-state index contributed by atoms with van der Waals surface area (Å²) in [7, 11) is -3.81. The van der Waals surface area contributed by atoms with E-state index >= 15 is 0 Å². The van der Waals surface area contributed by atoms with E-state index in [4.69, 9.17) is 5.14 Å². The number of rotatable bonds is 2. The summed E-state index contributed by atoms with van der Waals surface area (Å²) in [6.07, 6.45) is 0.872. The van der Waals surface area contributed by atoms with Gasteiger partial charge in [0.25, 0.3) is 0 Å². The number of fused-ring (bicyclic) bond motifs is 5. The Kier molecular flexibility index (Phi) is 3.73. The Bertz CT molecular complexity index is 810. The normalized spacial score (nSPS) is 38.0. The number of primary sulfonamides is 1. The van der Waals surface area contributed by atoms with Gasteiger partial charge in [-0.25, -0.2) is 13.6 Å². The van der Waals surface area contributed by atoms with Crippen molar-refractivity contribution in [2.24, 2.45) is 28.8 Å². The maximum atomic E-state index is 12.8. The van der Waals surface area contributed by atoms with Crippen LogP contribution in [0.25, 0.3) is 0 Å². The van der Waals surface area contributed by atoms with E-state index in [9.17, 15) is 18.0 Å². The summed E-state index contributed by atoms with van der Waals surface area (Å²) in [5.41, 5.74) is 0.392. The van der Waals surface area contributed by atoms with Crippen LogP contribution in [0.15, 0.2) is 29.2 Å². The zero-order chi connectivity index (χ0) is 17.4. The molecule has 0 aromatic heterocycles. The Labute approximate surface area is 156 Å². The molecule has 128 valence electrons. The van der Waals surface area contributed by atoms with E-state index < -0.39 is 10.0 Å². The number of sulfonamides is 1. The van der Waals surface area contributed by atoms with Crippen molar-refractivity contribution in [1.29, 1.82) is 0 Å². The number of amides is 2. The van der Waals surface area contributed by atoms with Crippen LogP contribution >= 0.6 is 31.9 Å². The molecule has 1 aliphatic heterocycles. The van der Waals surface area contributed by atoms with Crippen LogP contribution in [-0.2, 0) is 19.6 Å². The second-order valence-electron chi connectivity index (χ2n) is 6.55. The van der Waals surface area contributed by atoms with Gasteiger partial charge in [-0.1, -0.05) is 31.9 Å². The molecular weight excluding hydrogens is 464 g/mol. The lowest BCUT2D eigenvalue weighted by atomic mass is 9.81. The fourth-order valence-electron chi connectivity index (χ4n) is 4.39. The minimum atomic E-state index is -3.81. The number of carbonyl (C=O) groups is 2. The zero-order valence-corrected chi connectivity index (χ0v) is 16.3. The van der Waals surface area contributed by atoms with Crippen molar-refractivity contribution in [2.45, 2.75) is 21.0 Å². The molecular formula is C15H14Br2N2O4S. The van der Waals surface area contributed by atoms with Gasteiger partial charge in [-0.05, 0) is 42.5 Å². The first-order chi connectivity index (χ1) is 11.2. The van der Waals surface area contributed by atoms with Crippen LogP contribution in [0, 0.1) is 23.7 Å². The van der Waals surface area contributed by atoms with Gasteiger partial charge in [-0.3, -0.25) is 14.5 Å². The molecule has 3 fully saturated rings. The molecule has 6 atom stereocenters. The van der Waals surface area contributed by atoms with Crippen molar-refractivity contribution in [3.8, 4) is 0 Å². The van der Waals surface area contributed by atoms with Crippen molar-refractivity contribution >= 4 is 59.4 Å². The van der Waals surface area contributed by atoms with Crippen molar-refractivity contribution in [3.05, 3.63) is 24.3 Å². The van der Waals surface area contributed by atoms with Crippen LogP contribution in [-0.4, -0.2) is 29.9 Å². The predicted molar refractivity (Wildman–Crippen MR) is 94.3 cm³/mol. The van der Waals surface area contributed by atoms with Crippen molar-refractivity contribution in [1.82, 2.24) is 0 Å². The number of hydrogen-bond acceptors (Lipinski definition) is 4. The molecule has 2 N–H and O–H groups in total. The number of carbonyl (C=O) groups excluding carboxylic acids is 2. The van der Waals surface area contributed by atoms with Gasteiger partial charge >= 0.3 is 0 Å². The Morgan fingerprint density at radius 3 is 1.83 bits per heavy atom. The maximum Gasteiger partial charge on any atom is 0.238 e. The summed E-state index contributed by atoms with van der Waals surface area (Å²) in [6, 6.07) is 5.54. The minimum Gasteiger partial charge on any atom is -0.274 e. The van der Waals surface area contributed by atoms with E-state index in [1.54, 1.807) is 0 Å². The number of nitrogens with zero attached hydrogens (tertiary/aromatic N) is 1. The summed E-state index contributed by atoms with van der Waals surface area (Å²) >= 11 is 7.29. The van der Waals surface area contributed by atoms with E-state index in [1.165, 1.54) is 29.2 Å². The third kappa shape index (κ3) is 2.17. The quantitative estimate of drug-likeness (QED) is 0.516. The van der Waals surface area contributed by atoms with Gasteiger partial charge in [0, 0.05) is 9.65 Å². The molecule has 2 amide bonds. The van der Waals surface area contributed by atoms with E-state index in [0.717, 1.165) is 6.42 Å². The van der Waals surface area contributed by atoms with Gasteiger partial charge in [-0.2, -0.15) is 0 Å². The predicted octanol–water partition coefficient (Wildman–Crippen LogP) is 1.62. The largest absolute Gasteiger partial charge is 0.274 e. The Morgan fingerprint density at radius 2 is 1.42 bits per heavy atom. The highest BCUT2D eigenvalue weighted by Gasteiger charge is 2.66. The van der Waals surface area contributed by atoms with Gasteiger partial charge < -0.3 is 0 Å². The van der Waals surface area contributed by atoms with Gasteiger partial charge in [0.05, 0.1) is 22.4 Å². The van der Waals surface area contributed by atoms with E-state index in [2.05, 4.69) is 31.9 Å². The SMILES string of the molecule is NS(=O)(=O)c1ccc(N2C(=O)[C@H]3[C@@H]4C[C@@H]([C@@H](Br)[C@H]4Br)[C@@H]3C2=O)cc1. The van der Waals surface area contributed by atoms with E-state index in [0.29, 0.717) is 5.69 Å². The summed E-state index contributed by atoms with van der Waals surface area (Å²) in [4.78, 5) is 27.2. The first-order valence-corrected chi connectivity index (χ1v) is 10.9. The van der Waals surface area contributed by atoms with E-state index in [1.807, 2.05) is 0 Å². The number of imide groups is 1. The Hall–Kier alpha value is -0.770. The molecule has 1 aromatic rings. The number of nitrogens with two attached hydrogens (primary N) is 1. The fourth-order valence-corrected chi connectivity index (χ4v) is 6.78. The lowest BCUT2D eigenvalue weighted by molar-refractivity contribution is -0.123. The van der Waals surface area contributed by atoms with Crippen molar-refractivity contribution < 1.29 is 18.0 Å². The lowest BCUT2D eigenvalue weighted by Crippen LogP contribution is -2.37. The third-order valence-electron chi connectivity index (χ3n) is 5.41. The highest BCUT2D eigenvalue weighted by atomic mass is 79.9. The van der Waals surface area contributed by atoms with E-state index in [-0.39, 0.29) is 50.0 Å². The average molecular weight is 478 g/mol. The molecule has 6 nitrogen and oxygen atoms in total. The van der Waals surface area contributed by atoms with Crippen LogP contribution in [0.5, 0.6) is 0 Å². The summed E-state index contributed by atoms with van der Waals surface area (Å²) < 4.78 is 22.7. The number of alkyl halides is 2. The topological polar surface area (TPSA) is 97.5 Å². The van der Waals surface area contributed by atoms with Crippen LogP contribution < -0.4 is 10.0 Å². The first-order valence-electron chi connectivity index (χ1n) is 7.50. The summed E-state index contributed by atoms with van der Waals surface area (Å²) in [6.45, 7) is 0. The van der Waals surface area contributed by atoms with Gasteiger partial charge in [-0.15, -0.1) is 0 Å². The fraction of sp³-hybridized carbons (Fsp3) is 0.467. The number of hydrogen-bond donors (Lipinski definition) is 1. The van der Waals surface area contributed by atoms with Gasteiger partial charge in [0.15, 0.2) is 0 Å². The van der Waals surface area contributed by atoms with Gasteiger partial charge in [0.1, 0.15) is 0 Å². The molecule has 1 aromatic carbocycles. The molecule has 1 heterocycles. The molecule has 1 saturated heterocycles. The number of benzene rings is 1. The Morgan fingerprint density at radius 1 is 0.958 bits per heavy atom. The molecule has 0 unspecified atom stereocenters. The maximum absolute atomic E-state index is 12.8. The molecule has 2 bridgehead atoms. The van der Waals surface area contributed by atoms with Crippen LogP contribution in [0.4, 0.5) is 5.69 Å². The third-order valence-corrected chi connectivity index (χ3v) is 9.55. The monoisotopic (exact) mass is 476 g/mol. The first kappa shape index (κ1) is 16.7. The average Bonchev–Trinajstić information content (AvgIpc) is 3.12. The second kappa shape index (κ2) is 5.36. The number of halogens is 2. The molecule has 24 heavy (non-hydrogen) atoms. The Balaban J connectivity index is 1.69. The van der Waals surface area contributed by atoms with Crippen molar-refractivity contribution in [3.63, 3.8) is 0 Å². The van der Waals surface area contributed by atoms with Crippen LogP contribution in [0.2, 0.25) is 0 Å². The standard InChI is InChI=1S/C15H14Br2N2O4S/c16-12-8-5-9(13(12)17)11-10(8)14(20)19(15(11)21)6-1-3-7(4-2-6)24(18,22)23/h1-4,8-13H,5H2,(H2,18,22,23)/t8-,9+,10-,11-,12-,13+/m0/s1. The summed E-state index contributed by atoms with van der Waals surface area (Å²) in [5, 5.41) is 5.08. The van der Waals surface area contributed by atoms with Crippen molar-refractivity contribution in [2.75, 3.05) is 4.90 Å². The highest BCUT2D eigenvalue weighted by molar-refractivity contribution is 9.12. The molecule has 0 radical (unpaired) electrons. The molecule has 3 aliphatic rings. The molecule has 2 aliphatic carbocycles. The lowest BCUT2D eigenvalue weighted by Gasteiger charge is -2.28. The smallest absolute Gasteiger partial charge is 0.238 e. The van der Waals surface area contributed by atoms with Crippen LogP contribution in [0.1, 0.15) is 6.42 Å². The zero-order valence-electron chi connectivity index (χ0n) is 12.3. The second-order valence-corrected chi connectivity index (χ2v) is 10.2. The highest BCUT2D eigenvalue weighted by Crippen LogP contribution is 2.60. The molecule has 9 heteroatoms. The number of anilines is 1. The van der Waals surface area contributed by atoms with Gasteiger partial charge in [0.2, 0.25) is 21.8 Å². The van der Waals surface area contributed by atoms with Crippen LogP contribution in [0.3, 0.4) is 0 Å². The summed E-state index contributed by atoms with van der Waals surface area (Å²) in [5.74, 6) is -0.671. The minimum absolute atomic E-state index is 0.0494. The molecule has 2 saturated carbocycles. The molecule has 0 spiro atoms. The molecule has 4 rings (SSSR count).